The number of fused-ring (bicyclic) bond motifs is 1. The van der Waals surface area contributed by atoms with Gasteiger partial charge in [-0.15, -0.1) is 0 Å². The van der Waals surface area contributed by atoms with Crippen molar-refractivity contribution >= 4 is 15.9 Å². The molecule has 0 aliphatic carbocycles. The van der Waals surface area contributed by atoms with Gasteiger partial charge >= 0.3 is 0 Å². The van der Waals surface area contributed by atoms with Crippen LogP contribution in [-0.2, 0) is 14.8 Å². The highest BCUT2D eigenvalue weighted by Crippen LogP contribution is 2.37. The maximum atomic E-state index is 13.2. The number of nitrogens with one attached hydrogen (secondary N) is 1. The van der Waals surface area contributed by atoms with Crippen molar-refractivity contribution in [3.63, 3.8) is 0 Å². The van der Waals surface area contributed by atoms with Gasteiger partial charge in [0.2, 0.25) is 22.7 Å². The number of hydrogen-bond acceptors (Lipinski definition) is 6. The lowest BCUT2D eigenvalue weighted by Crippen LogP contribution is -2.57. The summed E-state index contributed by atoms with van der Waals surface area (Å²) < 4.78 is 38.6. The smallest absolute Gasteiger partial charge is 0.243 e. The minimum absolute atomic E-state index is 0.0414. The zero-order valence-electron chi connectivity index (χ0n) is 14.7. The molecule has 8 nitrogen and oxygen atoms in total. The fourth-order valence-corrected chi connectivity index (χ4v) is 5.58. The summed E-state index contributed by atoms with van der Waals surface area (Å²) in [5, 5.41) is 3.05. The summed E-state index contributed by atoms with van der Waals surface area (Å²) in [4.78, 5) is 14.2. The number of aryl methyl sites for hydroxylation is 1. The Morgan fingerprint density at radius 2 is 1.96 bits per heavy atom. The average Bonchev–Trinajstić information content (AvgIpc) is 3.08. The second-order valence-corrected chi connectivity index (χ2v) is 8.80. The second-order valence-electron chi connectivity index (χ2n) is 6.89. The quantitative estimate of drug-likeness (QED) is 0.811. The molecule has 1 aromatic rings. The number of sulfonamides is 1. The minimum Gasteiger partial charge on any atom is -0.454 e. The van der Waals surface area contributed by atoms with Gasteiger partial charge in [0.05, 0.1) is 11.4 Å². The molecule has 2 saturated heterocycles. The van der Waals surface area contributed by atoms with Crippen LogP contribution in [0.25, 0.3) is 0 Å². The summed E-state index contributed by atoms with van der Waals surface area (Å²) in [6.07, 6.45) is 1.57. The molecule has 1 aromatic carbocycles. The van der Waals surface area contributed by atoms with Crippen molar-refractivity contribution < 1.29 is 22.7 Å². The molecule has 3 heterocycles. The number of hydrogen-bond donors (Lipinski definition) is 1. The van der Waals surface area contributed by atoms with Gasteiger partial charge in [0.25, 0.3) is 0 Å². The Balaban J connectivity index is 1.59. The molecule has 0 saturated carbocycles. The van der Waals surface area contributed by atoms with E-state index in [-0.39, 0.29) is 23.6 Å². The van der Waals surface area contributed by atoms with Crippen LogP contribution in [0, 0.1) is 6.92 Å². The van der Waals surface area contributed by atoms with E-state index >= 15 is 0 Å². The molecule has 26 heavy (non-hydrogen) atoms. The maximum Gasteiger partial charge on any atom is 0.243 e. The van der Waals surface area contributed by atoms with Crippen LogP contribution in [0.1, 0.15) is 18.4 Å². The van der Waals surface area contributed by atoms with E-state index in [9.17, 15) is 13.2 Å². The summed E-state index contributed by atoms with van der Waals surface area (Å²) in [5.74, 6) is 1.07. The zero-order chi connectivity index (χ0) is 18.3. The predicted molar refractivity (Wildman–Crippen MR) is 93.7 cm³/mol. The molecule has 0 bridgehead atoms. The molecule has 0 radical (unpaired) electrons. The normalized spacial score (nSPS) is 24.1. The van der Waals surface area contributed by atoms with E-state index in [0.29, 0.717) is 43.2 Å². The third-order valence-corrected chi connectivity index (χ3v) is 7.22. The fourth-order valence-electron chi connectivity index (χ4n) is 3.84. The molecule has 1 amide bonds. The van der Waals surface area contributed by atoms with Crippen LogP contribution in [-0.4, -0.2) is 69.1 Å². The monoisotopic (exact) mass is 381 g/mol. The van der Waals surface area contributed by atoms with Crippen molar-refractivity contribution in [2.75, 3.05) is 39.5 Å². The van der Waals surface area contributed by atoms with Gasteiger partial charge in [0.1, 0.15) is 0 Å². The van der Waals surface area contributed by atoms with Crippen LogP contribution in [0.4, 0.5) is 0 Å². The second kappa shape index (κ2) is 6.71. The SMILES string of the molecule is Cc1cc2c(cc1S(=O)(=O)N1CCCC(N3CCNCC3=O)C1)OCO2. The van der Waals surface area contributed by atoms with Crippen LogP contribution in [0.5, 0.6) is 11.5 Å². The first-order valence-corrected chi connectivity index (χ1v) is 10.3. The number of ether oxygens (including phenoxy) is 2. The predicted octanol–water partition coefficient (Wildman–Crippen LogP) is 0.309. The molecular weight excluding hydrogens is 358 g/mol. The van der Waals surface area contributed by atoms with Crippen molar-refractivity contribution in [3.05, 3.63) is 17.7 Å². The number of carbonyl (C=O) groups is 1. The van der Waals surface area contributed by atoms with Crippen molar-refractivity contribution in [2.45, 2.75) is 30.7 Å². The van der Waals surface area contributed by atoms with Crippen LogP contribution >= 0.6 is 0 Å². The standard InChI is InChI=1S/C17H23N3O5S/c1-12-7-14-15(25-11-24-14)8-16(12)26(22,23)19-5-2-3-13(10-19)20-6-4-18-9-17(20)21/h7-8,13,18H,2-6,9-11H2,1H3. The third kappa shape index (κ3) is 3.04. The molecule has 9 heteroatoms. The highest BCUT2D eigenvalue weighted by Gasteiger charge is 2.36. The number of piperidine rings is 1. The van der Waals surface area contributed by atoms with Gasteiger partial charge in [0.15, 0.2) is 11.5 Å². The lowest BCUT2D eigenvalue weighted by Gasteiger charge is -2.40. The molecule has 1 unspecified atom stereocenters. The van der Waals surface area contributed by atoms with E-state index in [2.05, 4.69) is 5.32 Å². The molecule has 1 N–H and O–H groups in total. The van der Waals surface area contributed by atoms with E-state index in [1.54, 1.807) is 19.1 Å². The van der Waals surface area contributed by atoms with Crippen molar-refractivity contribution in [1.82, 2.24) is 14.5 Å². The summed E-state index contributed by atoms with van der Waals surface area (Å²) in [5.41, 5.74) is 0.634. The van der Waals surface area contributed by atoms with Crippen molar-refractivity contribution in [3.8, 4) is 11.5 Å². The van der Waals surface area contributed by atoms with Crippen LogP contribution in [0.3, 0.4) is 0 Å². The van der Waals surface area contributed by atoms with Gasteiger partial charge in [-0.1, -0.05) is 0 Å². The van der Waals surface area contributed by atoms with Gasteiger partial charge in [-0.25, -0.2) is 8.42 Å². The van der Waals surface area contributed by atoms with Crippen molar-refractivity contribution in [2.24, 2.45) is 0 Å². The number of amides is 1. The molecule has 0 aromatic heterocycles. The molecule has 2 fully saturated rings. The Morgan fingerprint density at radius 1 is 1.19 bits per heavy atom. The van der Waals surface area contributed by atoms with Crippen molar-refractivity contribution in [1.29, 1.82) is 0 Å². The maximum absolute atomic E-state index is 13.2. The Kier molecular flexibility index (Phi) is 4.54. The number of benzene rings is 1. The van der Waals surface area contributed by atoms with E-state index in [1.165, 1.54) is 4.31 Å². The number of piperazine rings is 1. The van der Waals surface area contributed by atoms with Crippen LogP contribution < -0.4 is 14.8 Å². The molecule has 3 aliphatic rings. The Morgan fingerprint density at radius 3 is 2.73 bits per heavy atom. The van der Waals surface area contributed by atoms with E-state index in [1.807, 2.05) is 4.90 Å². The molecular formula is C17H23N3O5S. The summed E-state index contributed by atoms with van der Waals surface area (Å²) in [6, 6.07) is 3.19. The fraction of sp³-hybridized carbons (Fsp3) is 0.588. The van der Waals surface area contributed by atoms with Gasteiger partial charge < -0.3 is 19.7 Å². The number of nitrogens with zero attached hydrogens (tertiary/aromatic N) is 2. The summed E-state index contributed by atoms with van der Waals surface area (Å²) in [6.45, 7) is 4.36. The topological polar surface area (TPSA) is 88.2 Å². The zero-order valence-corrected chi connectivity index (χ0v) is 15.5. The highest BCUT2D eigenvalue weighted by molar-refractivity contribution is 7.89. The Labute approximate surface area is 153 Å². The van der Waals surface area contributed by atoms with Crippen LogP contribution in [0.15, 0.2) is 17.0 Å². The molecule has 4 rings (SSSR count). The molecule has 0 spiro atoms. The van der Waals surface area contributed by atoms with Gasteiger partial charge in [-0.2, -0.15) is 4.31 Å². The first-order chi connectivity index (χ1) is 12.5. The first-order valence-electron chi connectivity index (χ1n) is 8.87. The molecule has 3 aliphatic heterocycles. The van der Waals surface area contributed by atoms with E-state index in [4.69, 9.17) is 9.47 Å². The molecule has 142 valence electrons. The molecule has 1 atom stereocenters. The Hall–Kier alpha value is -1.84. The average molecular weight is 381 g/mol. The number of carbonyl (C=O) groups excluding carboxylic acids is 1. The lowest BCUT2D eigenvalue weighted by molar-refractivity contribution is -0.135. The largest absolute Gasteiger partial charge is 0.454 e. The number of rotatable bonds is 3. The Bertz CT molecular complexity index is 826. The van der Waals surface area contributed by atoms with Crippen LogP contribution in [0.2, 0.25) is 0 Å². The van der Waals surface area contributed by atoms with Gasteiger partial charge in [-0.3, -0.25) is 4.79 Å². The summed E-state index contributed by atoms with van der Waals surface area (Å²) >= 11 is 0. The van der Waals surface area contributed by atoms with E-state index in [0.717, 1.165) is 19.4 Å². The third-order valence-electron chi connectivity index (χ3n) is 5.21. The van der Waals surface area contributed by atoms with Gasteiger partial charge in [-0.05, 0) is 31.4 Å². The summed E-state index contributed by atoms with van der Waals surface area (Å²) in [7, 11) is -3.66. The highest BCUT2D eigenvalue weighted by atomic mass is 32.2. The minimum atomic E-state index is -3.66. The van der Waals surface area contributed by atoms with E-state index < -0.39 is 10.0 Å². The van der Waals surface area contributed by atoms with Gasteiger partial charge in [0, 0.05) is 38.3 Å². The lowest BCUT2D eigenvalue weighted by atomic mass is 10.1. The first kappa shape index (κ1) is 17.6.